The highest BCUT2D eigenvalue weighted by Gasteiger charge is 2.57. The predicted octanol–water partition coefficient (Wildman–Crippen LogP) is 5.99. The first-order valence-electron chi connectivity index (χ1n) is 11.1. The van der Waals surface area contributed by atoms with Crippen molar-refractivity contribution in [2.45, 2.75) is 71.8 Å². The number of rotatable bonds is 2. The molecule has 0 bridgehead atoms. The van der Waals surface area contributed by atoms with E-state index in [1.54, 1.807) is 5.57 Å². The van der Waals surface area contributed by atoms with Crippen LogP contribution in [0, 0.1) is 28.6 Å². The standard InChI is InChI=1S/C24H31BrN2O2/c1-15(28)29-17-8-10-23(2)16(12-17)4-5-18-19-6-7-21(27-13-22(25)26-14-27)24(19,3)11-9-20(18)23/h4,7,13-14,17-20H,5-6,8-12H2,1-3H3. The van der Waals surface area contributed by atoms with Gasteiger partial charge in [0.1, 0.15) is 17.0 Å². The van der Waals surface area contributed by atoms with Crippen molar-refractivity contribution in [1.29, 1.82) is 0 Å². The average molecular weight is 459 g/mol. The summed E-state index contributed by atoms with van der Waals surface area (Å²) in [6.07, 6.45) is 17.1. The zero-order valence-corrected chi connectivity index (χ0v) is 19.2. The zero-order chi connectivity index (χ0) is 20.4. The van der Waals surface area contributed by atoms with Gasteiger partial charge in [-0.2, -0.15) is 0 Å². The molecule has 1 aromatic heterocycles. The summed E-state index contributed by atoms with van der Waals surface area (Å²) in [5, 5.41) is 0. The Morgan fingerprint density at radius 3 is 2.69 bits per heavy atom. The van der Waals surface area contributed by atoms with Gasteiger partial charge in [-0.1, -0.05) is 31.6 Å². The van der Waals surface area contributed by atoms with E-state index in [9.17, 15) is 4.79 Å². The molecule has 0 N–H and O–H groups in total. The molecule has 0 spiro atoms. The summed E-state index contributed by atoms with van der Waals surface area (Å²) in [5.41, 5.74) is 3.52. The molecule has 5 rings (SSSR count). The van der Waals surface area contributed by atoms with E-state index in [2.05, 4.69) is 57.7 Å². The molecular formula is C24H31BrN2O2. The molecule has 6 atom stereocenters. The largest absolute Gasteiger partial charge is 0.462 e. The number of aromatic nitrogens is 2. The van der Waals surface area contributed by atoms with Gasteiger partial charge in [-0.05, 0) is 77.6 Å². The van der Waals surface area contributed by atoms with E-state index in [0.29, 0.717) is 5.92 Å². The van der Waals surface area contributed by atoms with E-state index in [0.717, 1.165) is 35.7 Å². The first-order valence-corrected chi connectivity index (χ1v) is 11.9. The molecule has 1 heterocycles. The second-order valence-corrected chi connectivity index (χ2v) is 10.9. The number of allylic oxidation sites excluding steroid dienone is 3. The molecule has 29 heavy (non-hydrogen) atoms. The summed E-state index contributed by atoms with van der Waals surface area (Å²) in [7, 11) is 0. The quantitative estimate of drug-likeness (QED) is 0.403. The van der Waals surface area contributed by atoms with Gasteiger partial charge in [0.25, 0.3) is 0 Å². The molecule has 2 saturated carbocycles. The Balaban J connectivity index is 1.41. The maximum atomic E-state index is 11.4. The van der Waals surface area contributed by atoms with Crippen LogP contribution in [0.1, 0.15) is 65.7 Å². The number of hydrogen-bond donors (Lipinski definition) is 0. The van der Waals surface area contributed by atoms with Gasteiger partial charge in [-0.15, -0.1) is 0 Å². The van der Waals surface area contributed by atoms with Gasteiger partial charge < -0.3 is 9.30 Å². The van der Waals surface area contributed by atoms with Crippen molar-refractivity contribution in [2.24, 2.45) is 28.6 Å². The third kappa shape index (κ3) is 2.98. The second-order valence-electron chi connectivity index (χ2n) is 10.1. The molecule has 4 aliphatic carbocycles. The number of fused-ring (bicyclic) bond motifs is 5. The summed E-state index contributed by atoms with van der Waals surface area (Å²) in [5.74, 6) is 2.06. The molecule has 5 heteroatoms. The molecule has 4 aliphatic rings. The molecule has 0 amide bonds. The molecule has 0 aliphatic heterocycles. The minimum atomic E-state index is -0.142. The number of esters is 1. The van der Waals surface area contributed by atoms with Crippen LogP contribution in [0.2, 0.25) is 0 Å². The van der Waals surface area contributed by atoms with Crippen molar-refractivity contribution in [3.05, 3.63) is 34.9 Å². The monoisotopic (exact) mass is 458 g/mol. The van der Waals surface area contributed by atoms with Gasteiger partial charge in [-0.25, -0.2) is 4.98 Å². The summed E-state index contributed by atoms with van der Waals surface area (Å²) in [6.45, 7) is 6.52. The molecule has 156 valence electrons. The van der Waals surface area contributed by atoms with Crippen molar-refractivity contribution < 1.29 is 9.53 Å². The average Bonchev–Trinajstić information content (AvgIpc) is 3.24. The Bertz CT molecular complexity index is 902. The lowest BCUT2D eigenvalue weighted by Crippen LogP contribution is -2.50. The van der Waals surface area contributed by atoms with Gasteiger partial charge in [0.05, 0.1) is 0 Å². The number of hydrogen-bond acceptors (Lipinski definition) is 3. The predicted molar refractivity (Wildman–Crippen MR) is 117 cm³/mol. The maximum Gasteiger partial charge on any atom is 0.302 e. The van der Waals surface area contributed by atoms with Crippen LogP contribution in [0.4, 0.5) is 0 Å². The molecule has 0 radical (unpaired) electrons. The van der Waals surface area contributed by atoms with Gasteiger partial charge in [0.2, 0.25) is 0 Å². The molecule has 0 aromatic carbocycles. The molecule has 0 saturated heterocycles. The number of carbonyl (C=O) groups excluding carboxylic acids is 1. The number of carbonyl (C=O) groups is 1. The summed E-state index contributed by atoms with van der Waals surface area (Å²) in [6, 6.07) is 0. The van der Waals surface area contributed by atoms with Crippen LogP contribution in [0.15, 0.2) is 34.9 Å². The van der Waals surface area contributed by atoms with Crippen LogP contribution < -0.4 is 0 Å². The van der Waals surface area contributed by atoms with E-state index in [4.69, 9.17) is 4.74 Å². The third-order valence-electron chi connectivity index (χ3n) is 8.76. The Labute approximate surface area is 181 Å². The van der Waals surface area contributed by atoms with Crippen LogP contribution in [-0.4, -0.2) is 21.6 Å². The third-order valence-corrected chi connectivity index (χ3v) is 9.17. The number of halogens is 1. The topological polar surface area (TPSA) is 44.1 Å². The molecule has 4 nitrogen and oxygen atoms in total. The molecule has 6 unspecified atom stereocenters. The van der Waals surface area contributed by atoms with Crippen molar-refractivity contribution in [3.63, 3.8) is 0 Å². The first-order chi connectivity index (χ1) is 13.8. The van der Waals surface area contributed by atoms with Crippen molar-refractivity contribution >= 4 is 27.6 Å². The normalized spacial score (nSPS) is 41.0. The molecular weight excluding hydrogens is 428 g/mol. The lowest BCUT2D eigenvalue weighted by atomic mass is 9.48. The summed E-state index contributed by atoms with van der Waals surface area (Å²) >= 11 is 3.51. The van der Waals surface area contributed by atoms with Crippen LogP contribution >= 0.6 is 15.9 Å². The lowest BCUT2D eigenvalue weighted by Gasteiger charge is -2.57. The van der Waals surface area contributed by atoms with Crippen molar-refractivity contribution in [2.75, 3.05) is 0 Å². The second kappa shape index (κ2) is 6.83. The summed E-state index contributed by atoms with van der Waals surface area (Å²) in [4.78, 5) is 15.8. The fourth-order valence-electron chi connectivity index (χ4n) is 7.34. The van der Waals surface area contributed by atoms with E-state index in [1.807, 2.05) is 6.33 Å². The number of ether oxygens (including phenoxy) is 1. The van der Waals surface area contributed by atoms with Crippen molar-refractivity contribution in [1.82, 2.24) is 9.55 Å². The smallest absolute Gasteiger partial charge is 0.302 e. The van der Waals surface area contributed by atoms with E-state index >= 15 is 0 Å². The van der Waals surface area contributed by atoms with E-state index < -0.39 is 0 Å². The highest BCUT2D eigenvalue weighted by molar-refractivity contribution is 9.10. The Kier molecular flexibility index (Phi) is 4.61. The molecule has 1 aromatic rings. The van der Waals surface area contributed by atoms with Crippen molar-refractivity contribution in [3.8, 4) is 0 Å². The fraction of sp³-hybridized carbons (Fsp3) is 0.667. The fourth-order valence-corrected chi connectivity index (χ4v) is 7.65. The Hall–Kier alpha value is -1.36. The summed E-state index contributed by atoms with van der Waals surface area (Å²) < 4.78 is 8.71. The zero-order valence-electron chi connectivity index (χ0n) is 17.7. The van der Waals surface area contributed by atoms with Gasteiger partial charge in [-0.3, -0.25) is 4.79 Å². The first kappa shape index (κ1) is 19.6. The Morgan fingerprint density at radius 1 is 1.17 bits per heavy atom. The van der Waals surface area contributed by atoms with Crippen LogP contribution in [0.25, 0.3) is 5.70 Å². The van der Waals surface area contributed by atoms with E-state index in [-0.39, 0.29) is 22.9 Å². The molecule has 2 fully saturated rings. The van der Waals surface area contributed by atoms with Gasteiger partial charge >= 0.3 is 5.97 Å². The number of imidazole rings is 1. The maximum absolute atomic E-state index is 11.4. The lowest BCUT2D eigenvalue weighted by molar-refractivity contribution is -0.148. The van der Waals surface area contributed by atoms with Crippen LogP contribution in [0.3, 0.4) is 0 Å². The SMILES string of the molecule is CC(=O)OC1CCC2(C)C(=CCC3C2CCC2(C)C(n4cnc(Br)c4)=CCC32)C1. The Morgan fingerprint density at radius 2 is 1.97 bits per heavy atom. The minimum Gasteiger partial charge on any atom is -0.462 e. The highest BCUT2D eigenvalue weighted by Crippen LogP contribution is 2.65. The van der Waals surface area contributed by atoms with Crippen LogP contribution in [0.5, 0.6) is 0 Å². The number of nitrogens with zero attached hydrogens (tertiary/aromatic N) is 2. The minimum absolute atomic E-state index is 0.0802. The van der Waals surface area contributed by atoms with Crippen LogP contribution in [-0.2, 0) is 9.53 Å². The van der Waals surface area contributed by atoms with E-state index in [1.165, 1.54) is 38.3 Å². The van der Waals surface area contributed by atoms with Gasteiger partial charge in [0.15, 0.2) is 0 Å². The van der Waals surface area contributed by atoms with Gasteiger partial charge in [0, 0.05) is 30.7 Å². The highest BCUT2D eigenvalue weighted by atomic mass is 79.9.